The molecule has 1 aromatic carbocycles. The summed E-state index contributed by atoms with van der Waals surface area (Å²) in [5, 5.41) is 20.9. The molecule has 1 aromatic heterocycles. The number of rotatable bonds is 3. The van der Waals surface area contributed by atoms with Crippen molar-refractivity contribution < 1.29 is 14.9 Å². The first kappa shape index (κ1) is 19.2. The van der Waals surface area contributed by atoms with Gasteiger partial charge in [-0.05, 0) is 54.4 Å². The molecule has 3 aliphatic rings. The minimum atomic E-state index is -0.478. The zero-order valence-electron chi connectivity index (χ0n) is 16.8. The predicted molar refractivity (Wildman–Crippen MR) is 110 cm³/mol. The Morgan fingerprint density at radius 1 is 1.17 bits per heavy atom. The lowest BCUT2D eigenvalue weighted by molar-refractivity contribution is -0.134. The average molecular weight is 395 g/mol. The van der Waals surface area contributed by atoms with Crippen LogP contribution in [-0.4, -0.2) is 46.3 Å². The van der Waals surface area contributed by atoms with Crippen molar-refractivity contribution in [2.45, 2.75) is 44.0 Å². The molecule has 0 radical (unpaired) electrons. The third-order valence-electron chi connectivity index (χ3n) is 7.25. The quantitative estimate of drug-likeness (QED) is 0.784. The zero-order valence-corrected chi connectivity index (χ0v) is 16.8. The van der Waals surface area contributed by atoms with Gasteiger partial charge in [0, 0.05) is 31.7 Å². The summed E-state index contributed by atoms with van der Waals surface area (Å²) in [5.41, 5.74) is 4.23. The van der Waals surface area contributed by atoms with Crippen molar-refractivity contribution in [3.8, 4) is 0 Å². The van der Waals surface area contributed by atoms with E-state index < -0.39 is 6.10 Å². The van der Waals surface area contributed by atoms with Gasteiger partial charge in [-0.2, -0.15) is 0 Å². The SMILES string of the molecule is OC[C@H]1CN(C[C@@H]2CCc3cccnc3[C@@H](O)C2)CC[C@@]12OCc1ccccc12. The van der Waals surface area contributed by atoms with E-state index >= 15 is 0 Å². The Morgan fingerprint density at radius 3 is 2.93 bits per heavy atom. The van der Waals surface area contributed by atoms with Crippen molar-refractivity contribution in [1.29, 1.82) is 0 Å². The summed E-state index contributed by atoms with van der Waals surface area (Å²) in [4.78, 5) is 6.89. The van der Waals surface area contributed by atoms with Crippen LogP contribution >= 0.6 is 0 Å². The number of nitrogens with zero attached hydrogens (tertiary/aromatic N) is 2. The molecule has 1 spiro atoms. The van der Waals surface area contributed by atoms with E-state index in [9.17, 15) is 10.2 Å². The number of aliphatic hydroxyl groups excluding tert-OH is 2. The van der Waals surface area contributed by atoms with Gasteiger partial charge in [0.15, 0.2) is 0 Å². The van der Waals surface area contributed by atoms with Crippen molar-refractivity contribution >= 4 is 0 Å². The summed E-state index contributed by atoms with van der Waals surface area (Å²) in [6.07, 6.45) is 5.01. The number of aliphatic hydroxyl groups is 2. The van der Waals surface area contributed by atoms with Crippen LogP contribution in [0.4, 0.5) is 0 Å². The monoisotopic (exact) mass is 394 g/mol. The Labute approximate surface area is 172 Å². The van der Waals surface area contributed by atoms with Crippen LogP contribution < -0.4 is 0 Å². The molecule has 0 saturated carbocycles. The number of fused-ring (bicyclic) bond motifs is 3. The normalized spacial score (nSPS) is 32.0. The minimum absolute atomic E-state index is 0.0782. The molecule has 0 unspecified atom stereocenters. The standard InChI is InChI=1S/C24H30N2O3/c27-15-20-14-26(11-9-24(20)21-6-2-1-4-19(21)16-29-24)13-17-7-8-18-5-3-10-25-23(18)22(28)12-17/h1-6,10,17,20,22,27-28H,7-9,11-16H2/t17-,20-,22+,24-/m1/s1. The molecule has 1 saturated heterocycles. The first-order chi connectivity index (χ1) is 14.2. The summed E-state index contributed by atoms with van der Waals surface area (Å²) < 4.78 is 6.34. The highest BCUT2D eigenvalue weighted by Crippen LogP contribution is 2.47. The topological polar surface area (TPSA) is 65.8 Å². The molecular formula is C24H30N2O3. The summed E-state index contributed by atoms with van der Waals surface area (Å²) in [5.74, 6) is 0.513. The van der Waals surface area contributed by atoms with Crippen LogP contribution in [0.25, 0.3) is 0 Å². The average Bonchev–Trinajstić information content (AvgIpc) is 3.04. The lowest BCUT2D eigenvalue weighted by Gasteiger charge is -2.46. The molecule has 5 heteroatoms. The number of hydrogen-bond donors (Lipinski definition) is 2. The third kappa shape index (κ3) is 3.40. The van der Waals surface area contributed by atoms with E-state index in [-0.39, 0.29) is 18.1 Å². The molecule has 0 amide bonds. The lowest BCUT2D eigenvalue weighted by Crippen LogP contribution is -2.52. The molecule has 29 heavy (non-hydrogen) atoms. The Hall–Kier alpha value is -1.79. The number of hydrogen-bond acceptors (Lipinski definition) is 5. The van der Waals surface area contributed by atoms with Gasteiger partial charge >= 0.3 is 0 Å². The first-order valence-electron chi connectivity index (χ1n) is 10.9. The maximum atomic E-state index is 10.7. The van der Waals surface area contributed by atoms with E-state index in [1.165, 1.54) is 16.7 Å². The number of aromatic nitrogens is 1. The second-order valence-corrected chi connectivity index (χ2v) is 8.93. The van der Waals surface area contributed by atoms with Crippen LogP contribution in [0.2, 0.25) is 0 Å². The van der Waals surface area contributed by atoms with Gasteiger partial charge in [0.1, 0.15) is 5.60 Å². The molecule has 5 rings (SSSR count). The van der Waals surface area contributed by atoms with E-state index in [4.69, 9.17) is 4.74 Å². The number of aryl methyl sites for hydroxylation is 1. The largest absolute Gasteiger partial charge is 0.396 e. The second-order valence-electron chi connectivity index (χ2n) is 8.93. The van der Waals surface area contributed by atoms with E-state index in [0.717, 1.165) is 51.0 Å². The fourth-order valence-corrected chi connectivity index (χ4v) is 5.74. The van der Waals surface area contributed by atoms with E-state index in [1.807, 2.05) is 6.07 Å². The van der Waals surface area contributed by atoms with Crippen molar-refractivity contribution in [2.24, 2.45) is 11.8 Å². The lowest BCUT2D eigenvalue weighted by atomic mass is 9.75. The molecule has 3 heterocycles. The summed E-state index contributed by atoms with van der Waals surface area (Å²) >= 11 is 0. The van der Waals surface area contributed by atoms with Crippen LogP contribution in [0.3, 0.4) is 0 Å². The smallest absolute Gasteiger partial charge is 0.101 e. The van der Waals surface area contributed by atoms with Crippen LogP contribution in [0.1, 0.15) is 47.8 Å². The second kappa shape index (κ2) is 7.80. The summed E-state index contributed by atoms with van der Waals surface area (Å²) in [6, 6.07) is 12.5. The highest BCUT2D eigenvalue weighted by atomic mass is 16.5. The van der Waals surface area contributed by atoms with Crippen molar-refractivity contribution in [3.05, 3.63) is 65.0 Å². The Balaban J connectivity index is 1.28. The minimum Gasteiger partial charge on any atom is -0.396 e. The number of ether oxygens (including phenoxy) is 1. The van der Waals surface area contributed by atoms with Crippen LogP contribution in [0, 0.1) is 11.8 Å². The Bertz CT molecular complexity index is 873. The first-order valence-corrected chi connectivity index (χ1v) is 10.9. The molecule has 1 aliphatic carbocycles. The van der Waals surface area contributed by atoms with Crippen molar-refractivity contribution in [3.63, 3.8) is 0 Å². The molecule has 0 bridgehead atoms. The Kier molecular flexibility index (Phi) is 5.16. The fraction of sp³-hybridized carbons (Fsp3) is 0.542. The van der Waals surface area contributed by atoms with Crippen LogP contribution in [0.5, 0.6) is 0 Å². The Morgan fingerprint density at radius 2 is 2.03 bits per heavy atom. The predicted octanol–water partition coefficient (Wildman–Crippen LogP) is 2.81. The number of piperidine rings is 1. The fourth-order valence-electron chi connectivity index (χ4n) is 5.74. The summed E-state index contributed by atoms with van der Waals surface area (Å²) in [7, 11) is 0. The molecule has 5 nitrogen and oxygen atoms in total. The van der Waals surface area contributed by atoms with Crippen molar-refractivity contribution in [1.82, 2.24) is 9.88 Å². The van der Waals surface area contributed by atoms with Gasteiger partial charge < -0.3 is 19.8 Å². The van der Waals surface area contributed by atoms with E-state index in [1.54, 1.807) is 6.20 Å². The molecule has 4 atom stereocenters. The molecular weight excluding hydrogens is 364 g/mol. The van der Waals surface area contributed by atoms with Gasteiger partial charge in [-0.25, -0.2) is 0 Å². The van der Waals surface area contributed by atoms with Gasteiger partial charge in [-0.15, -0.1) is 0 Å². The molecule has 2 N–H and O–H groups in total. The van der Waals surface area contributed by atoms with Crippen LogP contribution in [-0.2, 0) is 23.4 Å². The highest BCUT2D eigenvalue weighted by Gasteiger charge is 2.49. The maximum Gasteiger partial charge on any atom is 0.101 e. The van der Waals surface area contributed by atoms with Gasteiger partial charge in [-0.3, -0.25) is 4.98 Å². The van der Waals surface area contributed by atoms with Gasteiger partial charge in [0.05, 0.1) is 25.0 Å². The molecule has 1 fully saturated rings. The summed E-state index contributed by atoms with van der Waals surface area (Å²) in [6.45, 7) is 3.53. The number of pyridine rings is 1. The highest BCUT2D eigenvalue weighted by molar-refractivity contribution is 5.37. The molecule has 2 aromatic rings. The third-order valence-corrected chi connectivity index (χ3v) is 7.25. The number of likely N-dealkylation sites (tertiary alicyclic amines) is 1. The van der Waals surface area contributed by atoms with Gasteiger partial charge in [0.25, 0.3) is 0 Å². The van der Waals surface area contributed by atoms with Crippen LogP contribution in [0.15, 0.2) is 42.6 Å². The van der Waals surface area contributed by atoms with E-state index in [2.05, 4.69) is 40.2 Å². The zero-order chi connectivity index (χ0) is 19.8. The van der Waals surface area contributed by atoms with Gasteiger partial charge in [0.2, 0.25) is 0 Å². The molecule has 2 aliphatic heterocycles. The maximum absolute atomic E-state index is 10.7. The van der Waals surface area contributed by atoms with Gasteiger partial charge in [-0.1, -0.05) is 30.3 Å². The number of benzene rings is 1. The van der Waals surface area contributed by atoms with Crippen molar-refractivity contribution in [2.75, 3.05) is 26.2 Å². The van der Waals surface area contributed by atoms with E-state index in [0.29, 0.717) is 12.5 Å². The molecule has 154 valence electrons.